The van der Waals surface area contributed by atoms with E-state index in [-0.39, 0.29) is 6.04 Å². The summed E-state index contributed by atoms with van der Waals surface area (Å²) in [6, 6.07) is 4.25. The lowest BCUT2D eigenvalue weighted by Gasteiger charge is -2.09. The molecule has 0 spiro atoms. The van der Waals surface area contributed by atoms with Gasteiger partial charge in [0, 0.05) is 12.1 Å². The molecule has 4 heteroatoms. The molecule has 0 aliphatic carbocycles. The standard InChI is InChI=1S/C13H15N3S/c1-3-11(4-2)14-8-10-9-15-16-13(10)12-6-5-7-17-12/h1,5-7,9,11,14H,4,8H2,2H3,(H,15,16). The molecular weight excluding hydrogens is 230 g/mol. The highest BCUT2D eigenvalue weighted by Gasteiger charge is 2.09. The Balaban J connectivity index is 2.08. The first-order chi connectivity index (χ1) is 8.35. The Morgan fingerprint density at radius 2 is 2.53 bits per heavy atom. The molecule has 0 fully saturated rings. The molecule has 0 amide bonds. The van der Waals surface area contributed by atoms with E-state index in [4.69, 9.17) is 6.42 Å². The molecule has 2 aromatic heterocycles. The Labute approximate surface area is 105 Å². The number of hydrogen-bond donors (Lipinski definition) is 2. The van der Waals surface area contributed by atoms with E-state index in [0.29, 0.717) is 0 Å². The topological polar surface area (TPSA) is 40.7 Å². The van der Waals surface area contributed by atoms with E-state index in [0.717, 1.165) is 24.2 Å². The van der Waals surface area contributed by atoms with Gasteiger partial charge in [0.1, 0.15) is 0 Å². The Hall–Kier alpha value is -1.57. The van der Waals surface area contributed by atoms with Crippen molar-refractivity contribution >= 4 is 11.3 Å². The van der Waals surface area contributed by atoms with Gasteiger partial charge in [-0.3, -0.25) is 10.4 Å². The van der Waals surface area contributed by atoms with E-state index in [1.807, 2.05) is 12.3 Å². The highest BCUT2D eigenvalue weighted by atomic mass is 32.1. The van der Waals surface area contributed by atoms with Crippen molar-refractivity contribution in [2.24, 2.45) is 0 Å². The summed E-state index contributed by atoms with van der Waals surface area (Å²) in [5.41, 5.74) is 2.24. The fourth-order valence-electron chi connectivity index (χ4n) is 1.63. The molecule has 0 aromatic carbocycles. The maximum Gasteiger partial charge on any atom is 0.0794 e. The smallest absolute Gasteiger partial charge is 0.0794 e. The first-order valence-corrected chi connectivity index (χ1v) is 6.48. The third kappa shape index (κ3) is 2.76. The van der Waals surface area contributed by atoms with E-state index in [9.17, 15) is 0 Å². The molecular formula is C13H15N3S. The summed E-state index contributed by atoms with van der Waals surface area (Å²) in [5, 5.41) is 12.5. The number of thiophene rings is 1. The molecule has 2 rings (SSSR count). The Kier molecular flexibility index (Phi) is 3.97. The highest BCUT2D eigenvalue weighted by molar-refractivity contribution is 7.13. The molecule has 2 aromatic rings. The number of aromatic amines is 1. The zero-order valence-electron chi connectivity index (χ0n) is 9.73. The van der Waals surface area contributed by atoms with Crippen molar-refractivity contribution in [1.82, 2.24) is 15.5 Å². The minimum absolute atomic E-state index is 0.126. The number of rotatable bonds is 5. The van der Waals surface area contributed by atoms with Crippen LogP contribution < -0.4 is 5.32 Å². The van der Waals surface area contributed by atoms with Gasteiger partial charge in [-0.25, -0.2) is 0 Å². The molecule has 0 aliphatic heterocycles. The summed E-state index contributed by atoms with van der Waals surface area (Å²) in [6.45, 7) is 2.82. The van der Waals surface area contributed by atoms with Gasteiger partial charge in [0.25, 0.3) is 0 Å². The van der Waals surface area contributed by atoms with E-state index < -0.39 is 0 Å². The SMILES string of the molecule is C#CC(CC)NCc1cn[nH]c1-c1cccs1. The van der Waals surface area contributed by atoms with Gasteiger partial charge >= 0.3 is 0 Å². The number of aromatic nitrogens is 2. The van der Waals surface area contributed by atoms with Gasteiger partial charge in [0.05, 0.1) is 22.8 Å². The van der Waals surface area contributed by atoms with E-state index in [2.05, 4.69) is 39.8 Å². The highest BCUT2D eigenvalue weighted by Crippen LogP contribution is 2.25. The zero-order valence-corrected chi connectivity index (χ0v) is 10.6. The molecule has 2 N–H and O–H groups in total. The lowest BCUT2D eigenvalue weighted by molar-refractivity contribution is 0.593. The van der Waals surface area contributed by atoms with Crippen LogP contribution >= 0.6 is 11.3 Å². The van der Waals surface area contributed by atoms with Crippen molar-refractivity contribution in [3.63, 3.8) is 0 Å². The normalized spacial score (nSPS) is 12.2. The molecule has 2 heterocycles. The van der Waals surface area contributed by atoms with Gasteiger partial charge in [-0.1, -0.05) is 18.9 Å². The van der Waals surface area contributed by atoms with E-state index in [1.165, 1.54) is 4.88 Å². The summed E-state index contributed by atoms with van der Waals surface area (Å²) in [4.78, 5) is 1.20. The second-order valence-corrected chi connectivity index (χ2v) is 4.70. The molecule has 0 radical (unpaired) electrons. The van der Waals surface area contributed by atoms with Gasteiger partial charge in [-0.15, -0.1) is 17.8 Å². The van der Waals surface area contributed by atoms with Gasteiger partial charge in [0.15, 0.2) is 0 Å². The van der Waals surface area contributed by atoms with Crippen molar-refractivity contribution in [3.05, 3.63) is 29.3 Å². The van der Waals surface area contributed by atoms with Gasteiger partial charge in [-0.05, 0) is 17.9 Å². The second kappa shape index (κ2) is 5.67. The summed E-state index contributed by atoms with van der Waals surface area (Å²) in [7, 11) is 0. The Morgan fingerprint density at radius 3 is 3.18 bits per heavy atom. The molecule has 0 saturated carbocycles. The quantitative estimate of drug-likeness (QED) is 0.795. The van der Waals surface area contributed by atoms with Crippen LogP contribution in [0.4, 0.5) is 0 Å². The largest absolute Gasteiger partial charge is 0.299 e. The van der Waals surface area contributed by atoms with Crippen molar-refractivity contribution in [1.29, 1.82) is 0 Å². The maximum absolute atomic E-state index is 5.42. The van der Waals surface area contributed by atoms with Gasteiger partial charge < -0.3 is 0 Å². The number of terminal acetylenes is 1. The monoisotopic (exact) mass is 245 g/mol. The zero-order chi connectivity index (χ0) is 12.1. The average molecular weight is 245 g/mol. The van der Waals surface area contributed by atoms with Crippen molar-refractivity contribution in [3.8, 4) is 22.9 Å². The third-order valence-electron chi connectivity index (χ3n) is 2.63. The number of hydrogen-bond acceptors (Lipinski definition) is 3. The fourth-order valence-corrected chi connectivity index (χ4v) is 2.39. The Bertz CT molecular complexity index is 493. The van der Waals surface area contributed by atoms with Crippen LogP contribution in [0.1, 0.15) is 18.9 Å². The van der Waals surface area contributed by atoms with Crippen LogP contribution in [0, 0.1) is 12.3 Å². The summed E-state index contributed by atoms with van der Waals surface area (Å²) >= 11 is 1.70. The average Bonchev–Trinajstić information content (AvgIpc) is 3.00. The van der Waals surface area contributed by atoms with E-state index >= 15 is 0 Å². The summed E-state index contributed by atoms with van der Waals surface area (Å²) in [6.07, 6.45) is 8.21. The van der Waals surface area contributed by atoms with Crippen molar-refractivity contribution in [2.45, 2.75) is 25.9 Å². The van der Waals surface area contributed by atoms with Crippen LogP contribution in [0.15, 0.2) is 23.7 Å². The fraction of sp³-hybridized carbons (Fsp3) is 0.308. The van der Waals surface area contributed by atoms with E-state index in [1.54, 1.807) is 11.3 Å². The van der Waals surface area contributed by atoms with Gasteiger partial charge in [0.2, 0.25) is 0 Å². The minimum Gasteiger partial charge on any atom is -0.299 e. The van der Waals surface area contributed by atoms with Crippen molar-refractivity contribution < 1.29 is 0 Å². The first-order valence-electron chi connectivity index (χ1n) is 5.60. The summed E-state index contributed by atoms with van der Waals surface area (Å²) in [5.74, 6) is 2.73. The molecule has 1 atom stereocenters. The maximum atomic E-state index is 5.42. The van der Waals surface area contributed by atoms with Crippen molar-refractivity contribution in [2.75, 3.05) is 0 Å². The molecule has 0 saturated heterocycles. The number of nitrogens with zero attached hydrogens (tertiary/aromatic N) is 1. The number of nitrogens with one attached hydrogen (secondary N) is 2. The second-order valence-electron chi connectivity index (χ2n) is 3.76. The Morgan fingerprint density at radius 1 is 1.65 bits per heavy atom. The van der Waals surface area contributed by atoms with Crippen LogP contribution in [0.5, 0.6) is 0 Å². The van der Waals surface area contributed by atoms with Crippen LogP contribution in [0.3, 0.4) is 0 Å². The molecule has 3 nitrogen and oxygen atoms in total. The predicted octanol–water partition coefficient (Wildman–Crippen LogP) is 2.64. The summed E-state index contributed by atoms with van der Waals surface area (Å²) < 4.78 is 0. The molecule has 1 unspecified atom stereocenters. The van der Waals surface area contributed by atoms with Crippen LogP contribution in [0.25, 0.3) is 10.6 Å². The molecule has 0 bridgehead atoms. The predicted molar refractivity (Wildman–Crippen MR) is 71.7 cm³/mol. The van der Waals surface area contributed by atoms with Crippen LogP contribution in [-0.4, -0.2) is 16.2 Å². The third-order valence-corrected chi connectivity index (χ3v) is 3.52. The molecule has 88 valence electrons. The van der Waals surface area contributed by atoms with Gasteiger partial charge in [-0.2, -0.15) is 5.10 Å². The lowest BCUT2D eigenvalue weighted by atomic mass is 10.2. The minimum atomic E-state index is 0.126. The molecule has 0 aliphatic rings. The van der Waals surface area contributed by atoms with Crippen LogP contribution in [-0.2, 0) is 6.54 Å². The lowest BCUT2D eigenvalue weighted by Crippen LogP contribution is -2.26. The number of H-pyrrole nitrogens is 1. The first kappa shape index (κ1) is 11.9. The van der Waals surface area contributed by atoms with Crippen LogP contribution in [0.2, 0.25) is 0 Å². The molecule has 17 heavy (non-hydrogen) atoms.